The van der Waals surface area contributed by atoms with Crippen LogP contribution in [0.25, 0.3) is 22.4 Å². The molecule has 5 rings (SSSR count). The predicted molar refractivity (Wildman–Crippen MR) is 128 cm³/mol. The first-order valence-corrected chi connectivity index (χ1v) is 11.3. The maximum absolute atomic E-state index is 12.3. The third kappa shape index (κ3) is 5.36. The van der Waals surface area contributed by atoms with Gasteiger partial charge < -0.3 is 14.6 Å². The van der Waals surface area contributed by atoms with Crippen molar-refractivity contribution in [1.29, 1.82) is 0 Å². The molecular weight excluding hydrogens is 467 g/mol. The molecule has 1 saturated carbocycles. The van der Waals surface area contributed by atoms with Crippen LogP contribution in [0.4, 0.5) is 10.6 Å². The summed E-state index contributed by atoms with van der Waals surface area (Å²) < 4.78 is 5.29. The Kier molecular flexibility index (Phi) is 7.59. The molecule has 0 bridgehead atoms. The summed E-state index contributed by atoms with van der Waals surface area (Å²) in [7, 11) is 1.68. The topological polar surface area (TPSA) is 109 Å². The molecule has 4 aromatic rings. The molecule has 3 aromatic carbocycles. The Morgan fingerprint density at radius 3 is 2.08 bits per heavy atom. The molecular formula is C27H23N4NaO4. The monoisotopic (exact) mass is 490 g/mol. The molecule has 0 radical (unpaired) electrons. The van der Waals surface area contributed by atoms with Crippen molar-refractivity contribution in [3.05, 3.63) is 90.0 Å². The van der Waals surface area contributed by atoms with E-state index in [4.69, 9.17) is 4.74 Å². The van der Waals surface area contributed by atoms with Gasteiger partial charge in [-0.15, -0.1) is 5.10 Å². The normalized spacial score (nSPS) is 13.4. The van der Waals surface area contributed by atoms with E-state index in [-0.39, 0.29) is 36.2 Å². The summed E-state index contributed by atoms with van der Waals surface area (Å²) in [6.07, 6.45) is 0.632. The number of carbonyl (C=O) groups excluding carboxylic acids is 2. The summed E-state index contributed by atoms with van der Waals surface area (Å²) in [5, 5.41) is 22.8. The fourth-order valence-electron chi connectivity index (χ4n) is 4.08. The Hall–Kier alpha value is -3.46. The summed E-state index contributed by atoms with van der Waals surface area (Å²) >= 11 is 0. The molecule has 0 atom stereocenters. The zero-order valence-electron chi connectivity index (χ0n) is 20.1. The SMILES string of the molecule is Cn1nc(NC(=O)OCc2ccccc2)c(-c2ccc(-c3ccc(C4(C(=O)[O-])CC4)cc3)cc2)n1.[Na+]. The van der Waals surface area contributed by atoms with E-state index in [0.29, 0.717) is 24.4 Å². The number of rotatable bonds is 7. The van der Waals surface area contributed by atoms with Gasteiger partial charge in [-0.25, -0.2) is 4.79 Å². The number of carboxylic acids is 1. The molecule has 1 fully saturated rings. The Labute approximate surface area is 230 Å². The van der Waals surface area contributed by atoms with Gasteiger partial charge >= 0.3 is 35.7 Å². The summed E-state index contributed by atoms with van der Waals surface area (Å²) in [6.45, 7) is 0.153. The molecule has 9 heteroatoms. The van der Waals surface area contributed by atoms with E-state index in [1.807, 2.05) is 78.9 Å². The van der Waals surface area contributed by atoms with Crippen molar-refractivity contribution in [2.75, 3.05) is 5.32 Å². The third-order valence-electron chi connectivity index (χ3n) is 6.22. The molecule has 0 saturated heterocycles. The number of ether oxygens (including phenoxy) is 1. The number of aryl methyl sites for hydroxylation is 1. The van der Waals surface area contributed by atoms with E-state index in [0.717, 1.165) is 27.8 Å². The van der Waals surface area contributed by atoms with Gasteiger partial charge in [0.1, 0.15) is 12.3 Å². The molecule has 1 aliphatic carbocycles. The third-order valence-corrected chi connectivity index (χ3v) is 6.22. The maximum Gasteiger partial charge on any atom is 1.00 e. The molecule has 1 heterocycles. The molecule has 8 nitrogen and oxygen atoms in total. The van der Waals surface area contributed by atoms with Crippen molar-refractivity contribution in [3.63, 3.8) is 0 Å². The van der Waals surface area contributed by atoms with Crippen LogP contribution < -0.4 is 40.0 Å². The van der Waals surface area contributed by atoms with Crippen LogP contribution in [0.15, 0.2) is 78.9 Å². The number of amides is 1. The quantitative estimate of drug-likeness (QED) is 0.382. The molecule has 1 aliphatic rings. The molecule has 1 N–H and O–H groups in total. The standard InChI is InChI=1S/C27H24N4O4.Na/c1-31-29-23(24(30-31)28-26(34)35-17-18-5-3-2-4-6-18)21-9-7-19(8-10-21)20-11-13-22(14-12-20)27(15-16-27)25(32)33;/h2-14H,15-17H2,1H3,(H,32,33)(H,28,30,34);/q;+1/p-1. The number of benzene rings is 3. The summed E-state index contributed by atoms with van der Waals surface area (Å²) in [6, 6.07) is 24.7. The minimum absolute atomic E-state index is 0. The number of hydrogen-bond acceptors (Lipinski definition) is 6. The summed E-state index contributed by atoms with van der Waals surface area (Å²) in [4.78, 5) is 25.2. The molecule has 1 aromatic heterocycles. The number of nitrogens with one attached hydrogen (secondary N) is 1. The number of aliphatic carboxylic acids is 1. The minimum Gasteiger partial charge on any atom is -0.549 e. The second kappa shape index (κ2) is 10.7. The zero-order chi connectivity index (χ0) is 24.4. The number of nitrogens with zero attached hydrogens (tertiary/aromatic N) is 3. The Morgan fingerprint density at radius 1 is 0.917 bits per heavy atom. The van der Waals surface area contributed by atoms with Gasteiger partial charge in [0.2, 0.25) is 0 Å². The number of anilines is 1. The fourth-order valence-corrected chi connectivity index (χ4v) is 4.08. The van der Waals surface area contributed by atoms with Crippen molar-refractivity contribution < 1.29 is 49.0 Å². The van der Waals surface area contributed by atoms with Gasteiger partial charge in [0.15, 0.2) is 5.82 Å². The van der Waals surface area contributed by atoms with Crippen LogP contribution in [0.1, 0.15) is 24.0 Å². The number of carboxylic acid groups (broad SMARTS) is 1. The Bertz CT molecular complexity index is 1370. The summed E-state index contributed by atoms with van der Waals surface area (Å²) in [5.74, 6) is -0.702. The van der Waals surface area contributed by atoms with Gasteiger partial charge in [-0.3, -0.25) is 5.32 Å². The van der Waals surface area contributed by atoms with E-state index in [9.17, 15) is 14.7 Å². The van der Waals surface area contributed by atoms with Gasteiger partial charge in [-0.05, 0) is 35.1 Å². The van der Waals surface area contributed by atoms with E-state index in [2.05, 4.69) is 15.5 Å². The molecule has 0 unspecified atom stereocenters. The molecule has 0 spiro atoms. The smallest absolute Gasteiger partial charge is 0.549 e. The van der Waals surface area contributed by atoms with Crippen molar-refractivity contribution in [1.82, 2.24) is 15.0 Å². The van der Waals surface area contributed by atoms with Crippen LogP contribution in [0.3, 0.4) is 0 Å². The van der Waals surface area contributed by atoms with Gasteiger partial charge in [0.05, 0.1) is 5.97 Å². The van der Waals surface area contributed by atoms with Gasteiger partial charge in [0.25, 0.3) is 0 Å². The maximum atomic E-state index is 12.3. The number of carbonyl (C=O) groups is 2. The second-order valence-electron chi connectivity index (χ2n) is 8.60. The number of aromatic nitrogens is 3. The van der Waals surface area contributed by atoms with Crippen molar-refractivity contribution >= 4 is 17.9 Å². The van der Waals surface area contributed by atoms with Crippen LogP contribution in [-0.2, 0) is 28.6 Å². The van der Waals surface area contributed by atoms with Crippen LogP contribution in [0.2, 0.25) is 0 Å². The van der Waals surface area contributed by atoms with Gasteiger partial charge in [-0.2, -0.15) is 9.90 Å². The van der Waals surface area contributed by atoms with Crippen molar-refractivity contribution in [2.24, 2.45) is 7.05 Å². The van der Waals surface area contributed by atoms with E-state index in [1.54, 1.807) is 7.05 Å². The summed E-state index contributed by atoms with van der Waals surface area (Å²) in [5.41, 5.74) is 4.10. The van der Waals surface area contributed by atoms with Crippen LogP contribution in [0, 0.1) is 0 Å². The first kappa shape index (κ1) is 25.6. The average molecular weight is 490 g/mol. The average Bonchev–Trinajstić information content (AvgIpc) is 3.62. The first-order chi connectivity index (χ1) is 16.9. The predicted octanol–water partition coefficient (Wildman–Crippen LogP) is 0.683. The second-order valence-corrected chi connectivity index (χ2v) is 8.60. The molecule has 36 heavy (non-hydrogen) atoms. The van der Waals surface area contributed by atoms with Crippen LogP contribution in [-0.4, -0.2) is 27.1 Å². The van der Waals surface area contributed by atoms with Crippen LogP contribution >= 0.6 is 0 Å². The molecule has 176 valence electrons. The largest absolute Gasteiger partial charge is 1.00 e. The Morgan fingerprint density at radius 2 is 1.50 bits per heavy atom. The van der Waals surface area contributed by atoms with E-state index < -0.39 is 17.5 Å². The zero-order valence-corrected chi connectivity index (χ0v) is 22.1. The Balaban J connectivity index is 0.00000304. The fraction of sp³-hybridized carbons (Fsp3) is 0.185. The first-order valence-electron chi connectivity index (χ1n) is 11.3. The van der Waals surface area contributed by atoms with Gasteiger partial charge in [-0.1, -0.05) is 78.9 Å². The van der Waals surface area contributed by atoms with E-state index in [1.165, 1.54) is 4.80 Å². The molecule has 1 amide bonds. The molecule has 0 aliphatic heterocycles. The van der Waals surface area contributed by atoms with Gasteiger partial charge in [0, 0.05) is 18.0 Å². The number of hydrogen-bond donors (Lipinski definition) is 1. The van der Waals surface area contributed by atoms with Crippen molar-refractivity contribution in [2.45, 2.75) is 24.9 Å². The van der Waals surface area contributed by atoms with E-state index >= 15 is 0 Å². The minimum atomic E-state index is -1.01. The van der Waals surface area contributed by atoms with Crippen LogP contribution in [0.5, 0.6) is 0 Å². The van der Waals surface area contributed by atoms with Crippen molar-refractivity contribution in [3.8, 4) is 22.4 Å².